The minimum atomic E-state index is -0.324. The maximum atomic E-state index is 12.2. The number of esters is 1. The van der Waals surface area contributed by atoms with Gasteiger partial charge in [0.1, 0.15) is 5.75 Å². The summed E-state index contributed by atoms with van der Waals surface area (Å²) in [6.45, 7) is 4.73. The Morgan fingerprint density at radius 2 is 2.00 bits per heavy atom. The van der Waals surface area contributed by atoms with Gasteiger partial charge in [0.25, 0.3) is 0 Å². The van der Waals surface area contributed by atoms with Gasteiger partial charge < -0.3 is 14.4 Å². The van der Waals surface area contributed by atoms with Crippen LogP contribution >= 0.6 is 0 Å². The number of ether oxygens (including phenoxy) is 2. The molecule has 0 fully saturated rings. The number of hydrogen-bond acceptors (Lipinski definition) is 4. The van der Waals surface area contributed by atoms with Crippen molar-refractivity contribution >= 4 is 18.0 Å². The number of amides is 1. The van der Waals surface area contributed by atoms with E-state index >= 15 is 0 Å². The normalized spacial score (nSPS) is 10.5. The highest BCUT2D eigenvalue weighted by Crippen LogP contribution is 2.21. The first-order valence-electron chi connectivity index (χ1n) is 7.20. The Kier molecular flexibility index (Phi) is 7.16. The third-order valence-corrected chi connectivity index (χ3v) is 3.30. The van der Waals surface area contributed by atoms with Crippen LogP contribution in [0.15, 0.2) is 24.3 Å². The van der Waals surface area contributed by atoms with E-state index in [9.17, 15) is 9.59 Å². The molecule has 1 aromatic rings. The minimum Gasteiger partial charge on any atom is -0.496 e. The average molecular weight is 305 g/mol. The fourth-order valence-electron chi connectivity index (χ4n) is 2.00. The number of rotatable bonds is 7. The molecular weight excluding hydrogens is 282 g/mol. The topological polar surface area (TPSA) is 55.8 Å². The number of likely N-dealkylation sites (N-methyl/N-ethyl adjacent to an activating group) is 1. The maximum absolute atomic E-state index is 12.2. The molecular formula is C17H23NO4. The van der Waals surface area contributed by atoms with Crippen molar-refractivity contribution in [3.8, 4) is 5.75 Å². The molecule has 5 heteroatoms. The lowest BCUT2D eigenvalue weighted by Gasteiger charge is -2.18. The van der Waals surface area contributed by atoms with E-state index in [0.717, 1.165) is 11.1 Å². The number of aryl methyl sites for hydroxylation is 1. The summed E-state index contributed by atoms with van der Waals surface area (Å²) in [5.74, 6) is 0.248. The van der Waals surface area contributed by atoms with Crippen LogP contribution < -0.4 is 4.74 Å². The van der Waals surface area contributed by atoms with Gasteiger partial charge in [-0.15, -0.1) is 0 Å². The van der Waals surface area contributed by atoms with Crippen molar-refractivity contribution in [3.63, 3.8) is 0 Å². The van der Waals surface area contributed by atoms with E-state index in [-0.39, 0.29) is 18.3 Å². The number of hydrogen-bond donors (Lipinski definition) is 0. The van der Waals surface area contributed by atoms with Crippen molar-refractivity contribution in [2.75, 3.05) is 27.3 Å². The highest BCUT2D eigenvalue weighted by molar-refractivity contribution is 5.92. The highest BCUT2D eigenvalue weighted by Gasteiger charge is 2.11. The predicted molar refractivity (Wildman–Crippen MR) is 85.7 cm³/mol. The first-order chi connectivity index (χ1) is 10.5. The van der Waals surface area contributed by atoms with Gasteiger partial charge in [0.05, 0.1) is 20.6 Å². The molecule has 1 amide bonds. The fraction of sp³-hybridized carbons (Fsp3) is 0.412. The summed E-state index contributed by atoms with van der Waals surface area (Å²) in [5.41, 5.74) is 1.94. The van der Waals surface area contributed by atoms with Crippen molar-refractivity contribution in [1.29, 1.82) is 0 Å². The summed E-state index contributed by atoms with van der Waals surface area (Å²) < 4.78 is 9.86. The number of methoxy groups -OCH3 is 2. The van der Waals surface area contributed by atoms with Crippen molar-refractivity contribution in [2.24, 2.45) is 0 Å². The molecule has 120 valence electrons. The van der Waals surface area contributed by atoms with Crippen molar-refractivity contribution < 1.29 is 19.1 Å². The lowest BCUT2D eigenvalue weighted by molar-refractivity contribution is -0.141. The third-order valence-electron chi connectivity index (χ3n) is 3.30. The molecule has 0 saturated carbocycles. The quantitative estimate of drug-likeness (QED) is 0.573. The zero-order chi connectivity index (χ0) is 16.5. The van der Waals surface area contributed by atoms with Gasteiger partial charge in [0, 0.05) is 24.7 Å². The molecule has 0 aliphatic heterocycles. The van der Waals surface area contributed by atoms with Crippen LogP contribution in [0.2, 0.25) is 0 Å². The van der Waals surface area contributed by atoms with Crippen molar-refractivity contribution in [1.82, 2.24) is 4.90 Å². The Bertz CT molecular complexity index is 552. The predicted octanol–water partition coefficient (Wildman–Crippen LogP) is 2.43. The maximum Gasteiger partial charge on any atom is 0.307 e. The summed E-state index contributed by atoms with van der Waals surface area (Å²) >= 11 is 0. The Hall–Kier alpha value is -2.30. The van der Waals surface area contributed by atoms with Crippen LogP contribution in [-0.4, -0.2) is 44.1 Å². The van der Waals surface area contributed by atoms with Crippen molar-refractivity contribution in [3.05, 3.63) is 35.4 Å². The molecule has 0 aliphatic carbocycles. The highest BCUT2D eigenvalue weighted by atomic mass is 16.5. The summed E-state index contributed by atoms with van der Waals surface area (Å²) in [6, 6.07) is 5.77. The molecule has 0 unspecified atom stereocenters. The summed E-state index contributed by atoms with van der Waals surface area (Å²) in [6.07, 6.45) is 3.42. The van der Waals surface area contributed by atoms with E-state index in [0.29, 0.717) is 18.8 Å². The molecule has 0 saturated heterocycles. The zero-order valence-corrected chi connectivity index (χ0v) is 13.6. The molecule has 0 spiro atoms. The number of benzene rings is 1. The Balaban J connectivity index is 2.77. The van der Waals surface area contributed by atoms with Crippen LogP contribution in [0, 0.1) is 6.92 Å². The fourth-order valence-corrected chi connectivity index (χ4v) is 2.00. The average Bonchev–Trinajstić information content (AvgIpc) is 2.53. The van der Waals surface area contributed by atoms with Crippen LogP contribution in [0.4, 0.5) is 0 Å². The number of nitrogens with zero attached hydrogens (tertiary/aromatic N) is 1. The molecule has 1 rings (SSSR count). The lowest BCUT2D eigenvalue weighted by atomic mass is 10.1. The molecule has 0 atom stereocenters. The molecule has 0 aliphatic rings. The van der Waals surface area contributed by atoms with Crippen molar-refractivity contribution in [2.45, 2.75) is 20.3 Å². The van der Waals surface area contributed by atoms with Gasteiger partial charge in [0.2, 0.25) is 5.91 Å². The second kappa shape index (κ2) is 8.87. The number of carbonyl (C=O) groups is 2. The van der Waals surface area contributed by atoms with E-state index in [2.05, 4.69) is 4.74 Å². The lowest BCUT2D eigenvalue weighted by Crippen LogP contribution is -2.31. The largest absolute Gasteiger partial charge is 0.496 e. The Morgan fingerprint density at radius 3 is 2.59 bits per heavy atom. The van der Waals surface area contributed by atoms with Crippen LogP contribution in [0.1, 0.15) is 24.5 Å². The standard InChI is InChI=1S/C17H23NO4/c1-5-18(11-10-17(20)22-4)16(19)9-7-14-12-13(2)6-8-15(14)21-3/h6-9,12H,5,10-11H2,1-4H3. The smallest absolute Gasteiger partial charge is 0.307 e. The zero-order valence-electron chi connectivity index (χ0n) is 13.6. The van der Waals surface area contributed by atoms with Crippen LogP contribution in [0.5, 0.6) is 5.75 Å². The van der Waals surface area contributed by atoms with Gasteiger partial charge in [-0.05, 0) is 32.1 Å². The summed E-state index contributed by atoms with van der Waals surface area (Å²) in [7, 11) is 2.93. The second-order valence-electron chi connectivity index (χ2n) is 4.82. The van der Waals surface area contributed by atoms with Gasteiger partial charge in [0.15, 0.2) is 0 Å². The second-order valence-corrected chi connectivity index (χ2v) is 4.82. The third kappa shape index (κ3) is 5.24. The van der Waals surface area contributed by atoms with Crippen LogP contribution in [0.25, 0.3) is 6.08 Å². The number of carbonyl (C=O) groups excluding carboxylic acids is 2. The van der Waals surface area contributed by atoms with Crippen LogP contribution in [0.3, 0.4) is 0 Å². The summed E-state index contributed by atoms with van der Waals surface area (Å²) in [4.78, 5) is 24.9. The molecule has 0 heterocycles. The molecule has 1 aromatic carbocycles. The van der Waals surface area contributed by atoms with E-state index in [1.54, 1.807) is 18.1 Å². The minimum absolute atomic E-state index is 0.144. The van der Waals surface area contributed by atoms with Gasteiger partial charge >= 0.3 is 5.97 Å². The van der Waals surface area contributed by atoms with E-state index < -0.39 is 0 Å². The molecule has 0 aromatic heterocycles. The SMILES string of the molecule is CCN(CCC(=O)OC)C(=O)C=Cc1cc(C)ccc1OC. The molecule has 0 N–H and O–H groups in total. The Labute approximate surface area is 131 Å². The monoisotopic (exact) mass is 305 g/mol. The molecule has 0 bridgehead atoms. The molecule has 5 nitrogen and oxygen atoms in total. The van der Waals surface area contributed by atoms with E-state index in [1.807, 2.05) is 32.0 Å². The van der Waals surface area contributed by atoms with E-state index in [4.69, 9.17) is 4.74 Å². The van der Waals surface area contributed by atoms with Crippen LogP contribution in [-0.2, 0) is 14.3 Å². The first kappa shape index (κ1) is 17.8. The van der Waals surface area contributed by atoms with Gasteiger partial charge in [-0.25, -0.2) is 0 Å². The van der Waals surface area contributed by atoms with Gasteiger partial charge in [-0.1, -0.05) is 11.6 Å². The van der Waals surface area contributed by atoms with Gasteiger partial charge in [-0.2, -0.15) is 0 Å². The first-order valence-corrected chi connectivity index (χ1v) is 7.20. The van der Waals surface area contributed by atoms with Gasteiger partial charge in [-0.3, -0.25) is 9.59 Å². The molecule has 22 heavy (non-hydrogen) atoms. The van der Waals surface area contributed by atoms with E-state index in [1.165, 1.54) is 13.2 Å². The Morgan fingerprint density at radius 1 is 1.27 bits per heavy atom. The summed E-state index contributed by atoms with van der Waals surface area (Å²) in [5, 5.41) is 0. The molecule has 0 radical (unpaired) electrons.